The van der Waals surface area contributed by atoms with Gasteiger partial charge in [0.15, 0.2) is 11.5 Å². The number of rotatable bonds is 8. The number of hydrogen-bond donors (Lipinski definition) is 1. The second-order valence-electron chi connectivity index (χ2n) is 6.65. The summed E-state index contributed by atoms with van der Waals surface area (Å²) in [5.74, 6) is 2.59. The Morgan fingerprint density at radius 1 is 0.920 bits per heavy atom. The lowest BCUT2D eigenvalue weighted by atomic mass is 9.85. The van der Waals surface area contributed by atoms with Crippen LogP contribution >= 0.6 is 0 Å². The first kappa shape index (κ1) is 18.9. The van der Waals surface area contributed by atoms with Crippen LogP contribution in [0, 0.1) is 11.8 Å². The molecule has 2 aromatic carbocycles. The van der Waals surface area contributed by atoms with E-state index in [9.17, 15) is 5.11 Å². The smallest absolute Gasteiger partial charge is 0.160 e. The van der Waals surface area contributed by atoms with Gasteiger partial charge in [0.25, 0.3) is 0 Å². The minimum Gasteiger partial charge on any atom is -0.504 e. The van der Waals surface area contributed by atoms with Crippen molar-refractivity contribution in [2.24, 2.45) is 11.8 Å². The average Bonchev–Trinajstić information content (AvgIpc) is 2.62. The lowest BCUT2D eigenvalue weighted by molar-refractivity contribution is 0.367. The van der Waals surface area contributed by atoms with Crippen molar-refractivity contribution in [2.45, 2.75) is 26.7 Å². The molecule has 2 atom stereocenters. The van der Waals surface area contributed by atoms with E-state index in [-0.39, 0.29) is 5.75 Å². The number of phenols is 1. The summed E-state index contributed by atoms with van der Waals surface area (Å²) < 4.78 is 10.6. The van der Waals surface area contributed by atoms with Gasteiger partial charge in [-0.1, -0.05) is 38.6 Å². The van der Waals surface area contributed by atoms with Crippen molar-refractivity contribution in [3.63, 3.8) is 0 Å². The summed E-state index contributed by atoms with van der Waals surface area (Å²) in [6.07, 6.45) is 3.78. The number of phenolic OH excluding ortho intramolecular Hbond substituents is 1. The molecule has 0 amide bonds. The third kappa shape index (κ3) is 4.79. The van der Waals surface area contributed by atoms with Crippen LogP contribution in [0.3, 0.4) is 0 Å². The Morgan fingerprint density at radius 2 is 1.48 bits per heavy atom. The Labute approximate surface area is 150 Å². The molecule has 2 rings (SSSR count). The van der Waals surface area contributed by atoms with Gasteiger partial charge in [-0.15, -0.1) is 0 Å². The summed E-state index contributed by atoms with van der Waals surface area (Å²) in [6.45, 7) is 8.41. The van der Waals surface area contributed by atoms with Crippen molar-refractivity contribution >= 4 is 6.08 Å². The predicted molar refractivity (Wildman–Crippen MR) is 103 cm³/mol. The SMILES string of the molecule is C=Cc1cc(CC(C)C(C)Cc2ccc(O)c(OC)c2)ccc1OC. The van der Waals surface area contributed by atoms with Gasteiger partial charge in [0, 0.05) is 5.56 Å². The molecule has 3 heteroatoms. The van der Waals surface area contributed by atoms with E-state index < -0.39 is 0 Å². The second kappa shape index (κ2) is 8.61. The molecule has 134 valence electrons. The molecule has 0 saturated carbocycles. The van der Waals surface area contributed by atoms with Crippen LogP contribution in [0.5, 0.6) is 17.2 Å². The molecule has 0 aliphatic rings. The summed E-state index contributed by atoms with van der Waals surface area (Å²) in [4.78, 5) is 0. The Kier molecular flexibility index (Phi) is 6.51. The fourth-order valence-corrected chi connectivity index (χ4v) is 3.07. The molecule has 0 bridgehead atoms. The van der Waals surface area contributed by atoms with Crippen molar-refractivity contribution in [3.05, 3.63) is 59.7 Å². The van der Waals surface area contributed by atoms with Crippen LogP contribution in [0.2, 0.25) is 0 Å². The molecular formula is C22H28O3. The predicted octanol–water partition coefficient (Wildman–Crippen LogP) is 5.11. The second-order valence-corrected chi connectivity index (χ2v) is 6.65. The first-order valence-electron chi connectivity index (χ1n) is 8.63. The highest BCUT2D eigenvalue weighted by Gasteiger charge is 2.15. The first-order valence-corrected chi connectivity index (χ1v) is 8.63. The van der Waals surface area contributed by atoms with Crippen LogP contribution in [0.4, 0.5) is 0 Å². The van der Waals surface area contributed by atoms with Gasteiger partial charge in [0.1, 0.15) is 5.75 Å². The van der Waals surface area contributed by atoms with E-state index in [1.807, 2.05) is 24.3 Å². The van der Waals surface area contributed by atoms with E-state index >= 15 is 0 Å². The maximum absolute atomic E-state index is 9.72. The minimum absolute atomic E-state index is 0.183. The quantitative estimate of drug-likeness (QED) is 0.726. The first-order chi connectivity index (χ1) is 12.0. The van der Waals surface area contributed by atoms with E-state index in [0.717, 1.165) is 24.2 Å². The Balaban J connectivity index is 2.05. The molecule has 25 heavy (non-hydrogen) atoms. The van der Waals surface area contributed by atoms with E-state index in [1.54, 1.807) is 20.3 Å². The summed E-state index contributed by atoms with van der Waals surface area (Å²) in [5, 5.41) is 9.72. The maximum atomic E-state index is 9.72. The molecular weight excluding hydrogens is 312 g/mol. The lowest BCUT2D eigenvalue weighted by Crippen LogP contribution is -2.14. The van der Waals surface area contributed by atoms with Crippen molar-refractivity contribution in [1.29, 1.82) is 0 Å². The van der Waals surface area contributed by atoms with E-state index in [4.69, 9.17) is 9.47 Å². The molecule has 1 N–H and O–H groups in total. The topological polar surface area (TPSA) is 38.7 Å². The number of ether oxygens (including phenoxy) is 2. The van der Waals surface area contributed by atoms with Crippen molar-refractivity contribution < 1.29 is 14.6 Å². The molecule has 0 saturated heterocycles. The van der Waals surface area contributed by atoms with Gasteiger partial charge in [-0.25, -0.2) is 0 Å². The highest BCUT2D eigenvalue weighted by Crippen LogP contribution is 2.29. The van der Waals surface area contributed by atoms with Gasteiger partial charge in [0.05, 0.1) is 14.2 Å². The minimum atomic E-state index is 0.183. The van der Waals surface area contributed by atoms with E-state index in [2.05, 4.69) is 32.6 Å². The molecule has 0 heterocycles. The van der Waals surface area contributed by atoms with Gasteiger partial charge >= 0.3 is 0 Å². The zero-order valence-electron chi connectivity index (χ0n) is 15.6. The highest BCUT2D eigenvalue weighted by molar-refractivity contribution is 5.56. The van der Waals surface area contributed by atoms with Crippen molar-refractivity contribution in [1.82, 2.24) is 0 Å². The van der Waals surface area contributed by atoms with Gasteiger partial charge in [-0.3, -0.25) is 0 Å². The normalized spacial score (nSPS) is 13.1. The fraction of sp³-hybridized carbons (Fsp3) is 0.364. The van der Waals surface area contributed by atoms with Crippen LogP contribution < -0.4 is 9.47 Å². The zero-order chi connectivity index (χ0) is 18.4. The summed E-state index contributed by atoms with van der Waals surface area (Å²) in [5.41, 5.74) is 3.50. The number of benzene rings is 2. The van der Waals surface area contributed by atoms with Gasteiger partial charge in [-0.05, 0) is 60.1 Å². The molecule has 0 spiro atoms. The summed E-state index contributed by atoms with van der Waals surface area (Å²) in [7, 11) is 3.25. The summed E-state index contributed by atoms with van der Waals surface area (Å²) >= 11 is 0. The number of methoxy groups -OCH3 is 2. The Bertz CT molecular complexity index is 721. The van der Waals surface area contributed by atoms with Crippen molar-refractivity contribution in [3.8, 4) is 17.2 Å². The fourth-order valence-electron chi connectivity index (χ4n) is 3.07. The van der Waals surface area contributed by atoms with Gasteiger partial charge in [-0.2, -0.15) is 0 Å². The highest BCUT2D eigenvalue weighted by atomic mass is 16.5. The molecule has 0 radical (unpaired) electrons. The van der Waals surface area contributed by atoms with Gasteiger partial charge < -0.3 is 14.6 Å². The molecule has 0 fully saturated rings. The zero-order valence-corrected chi connectivity index (χ0v) is 15.6. The van der Waals surface area contributed by atoms with E-state index in [0.29, 0.717) is 17.6 Å². The Morgan fingerprint density at radius 3 is 2.04 bits per heavy atom. The molecule has 2 unspecified atom stereocenters. The van der Waals surface area contributed by atoms with Crippen molar-refractivity contribution in [2.75, 3.05) is 14.2 Å². The van der Waals surface area contributed by atoms with Crippen LogP contribution in [-0.2, 0) is 12.8 Å². The third-order valence-corrected chi connectivity index (χ3v) is 4.84. The van der Waals surface area contributed by atoms with Crippen LogP contribution in [0.25, 0.3) is 6.08 Å². The number of hydrogen-bond acceptors (Lipinski definition) is 3. The molecule has 0 aliphatic heterocycles. The lowest BCUT2D eigenvalue weighted by Gasteiger charge is -2.21. The Hall–Kier alpha value is -2.42. The van der Waals surface area contributed by atoms with Crippen LogP contribution in [-0.4, -0.2) is 19.3 Å². The van der Waals surface area contributed by atoms with Gasteiger partial charge in [0.2, 0.25) is 0 Å². The van der Waals surface area contributed by atoms with E-state index in [1.165, 1.54) is 11.1 Å². The monoisotopic (exact) mass is 340 g/mol. The van der Waals surface area contributed by atoms with Crippen LogP contribution in [0.15, 0.2) is 43.0 Å². The summed E-state index contributed by atoms with van der Waals surface area (Å²) in [6, 6.07) is 11.9. The largest absolute Gasteiger partial charge is 0.504 e. The molecule has 0 aliphatic carbocycles. The standard InChI is InChI=1S/C22H28O3/c1-6-19-13-17(8-10-21(19)24-4)11-15(2)16(3)12-18-7-9-20(23)22(14-18)25-5/h6-10,13-16,23H,1,11-12H2,2-5H3. The molecule has 3 nitrogen and oxygen atoms in total. The third-order valence-electron chi connectivity index (χ3n) is 4.84. The maximum Gasteiger partial charge on any atom is 0.160 e. The number of aromatic hydroxyl groups is 1. The van der Waals surface area contributed by atoms with Crippen LogP contribution in [0.1, 0.15) is 30.5 Å². The average molecular weight is 340 g/mol. The molecule has 0 aromatic heterocycles. The molecule has 2 aromatic rings.